The number of fused-ring (bicyclic) bond motifs is 3. The molecular weight excluding hydrogens is 356 g/mol. The number of likely N-dealkylation sites (tertiary alicyclic amines) is 1. The van der Waals surface area contributed by atoms with Crippen LogP contribution in [0.25, 0.3) is 0 Å². The number of hydrogen-bond donors (Lipinski definition) is 0. The van der Waals surface area contributed by atoms with E-state index in [0.717, 1.165) is 31.7 Å². The summed E-state index contributed by atoms with van der Waals surface area (Å²) in [6.07, 6.45) is 5.88. The van der Waals surface area contributed by atoms with E-state index in [1.54, 1.807) is 11.1 Å². The molecule has 1 unspecified atom stereocenters. The SMILES string of the molecule is CC(C)N1C(=O)C(CN2CCC3(CCc4ccccc43)CC2)Cc2ccccc21. The molecule has 3 heteroatoms. The van der Waals surface area contributed by atoms with Gasteiger partial charge in [0.2, 0.25) is 5.91 Å². The second-order valence-electron chi connectivity index (χ2n) is 9.57. The van der Waals surface area contributed by atoms with Gasteiger partial charge in [-0.2, -0.15) is 0 Å². The number of nitrogens with zero attached hydrogens (tertiary/aromatic N) is 2. The molecule has 1 saturated heterocycles. The van der Waals surface area contributed by atoms with E-state index in [1.165, 1.54) is 31.2 Å². The Morgan fingerprint density at radius 1 is 0.966 bits per heavy atom. The van der Waals surface area contributed by atoms with Crippen LogP contribution in [-0.2, 0) is 23.1 Å². The molecule has 0 aromatic heterocycles. The number of carbonyl (C=O) groups is 1. The van der Waals surface area contributed by atoms with Crippen molar-refractivity contribution in [3.05, 3.63) is 65.2 Å². The standard InChI is InChI=1S/C26H32N2O/c1-19(2)28-24-10-6-4-8-21(24)17-22(25(28)29)18-27-15-13-26(14-16-27)12-11-20-7-3-5-9-23(20)26/h3-10,19,22H,11-18H2,1-2H3. The largest absolute Gasteiger partial charge is 0.309 e. The highest BCUT2D eigenvalue weighted by atomic mass is 16.2. The predicted octanol–water partition coefficient (Wildman–Crippen LogP) is 4.58. The van der Waals surface area contributed by atoms with Gasteiger partial charge in [0.25, 0.3) is 0 Å². The Morgan fingerprint density at radius 2 is 1.66 bits per heavy atom. The van der Waals surface area contributed by atoms with Gasteiger partial charge in [0, 0.05) is 18.3 Å². The molecule has 3 aliphatic rings. The molecule has 1 fully saturated rings. The maximum Gasteiger partial charge on any atom is 0.231 e. The summed E-state index contributed by atoms with van der Waals surface area (Å²) in [5, 5.41) is 0. The average Bonchev–Trinajstić information content (AvgIpc) is 3.08. The molecule has 2 aromatic rings. The minimum absolute atomic E-state index is 0.0808. The van der Waals surface area contributed by atoms with Gasteiger partial charge in [0.05, 0.1) is 5.92 Å². The molecule has 0 radical (unpaired) electrons. The van der Waals surface area contributed by atoms with Crippen LogP contribution in [0.15, 0.2) is 48.5 Å². The molecule has 1 aliphatic carbocycles. The number of amides is 1. The van der Waals surface area contributed by atoms with E-state index in [0.29, 0.717) is 11.3 Å². The molecule has 0 N–H and O–H groups in total. The van der Waals surface area contributed by atoms with Crippen LogP contribution in [0.1, 0.15) is 49.8 Å². The molecule has 1 atom stereocenters. The van der Waals surface area contributed by atoms with Crippen molar-refractivity contribution in [2.75, 3.05) is 24.5 Å². The van der Waals surface area contributed by atoms with E-state index >= 15 is 0 Å². The molecule has 5 rings (SSSR count). The summed E-state index contributed by atoms with van der Waals surface area (Å²) in [7, 11) is 0. The number of hydrogen-bond acceptors (Lipinski definition) is 2. The van der Waals surface area contributed by atoms with Crippen LogP contribution in [0, 0.1) is 5.92 Å². The van der Waals surface area contributed by atoms with Gasteiger partial charge < -0.3 is 9.80 Å². The summed E-state index contributed by atoms with van der Waals surface area (Å²) in [4.78, 5) is 17.9. The fourth-order valence-corrected chi connectivity index (χ4v) is 6.02. The number of aryl methyl sites for hydroxylation is 1. The average molecular weight is 389 g/mol. The predicted molar refractivity (Wildman–Crippen MR) is 118 cm³/mol. The lowest BCUT2D eigenvalue weighted by Gasteiger charge is -2.43. The van der Waals surface area contributed by atoms with Crippen LogP contribution < -0.4 is 4.90 Å². The lowest BCUT2D eigenvalue weighted by atomic mass is 9.73. The molecule has 1 spiro atoms. The second kappa shape index (κ2) is 7.28. The maximum atomic E-state index is 13.3. The van der Waals surface area contributed by atoms with Crippen molar-refractivity contribution in [2.24, 2.45) is 5.92 Å². The van der Waals surface area contributed by atoms with Crippen molar-refractivity contribution >= 4 is 11.6 Å². The molecular formula is C26H32N2O. The number of benzene rings is 2. The van der Waals surface area contributed by atoms with Crippen molar-refractivity contribution in [3.8, 4) is 0 Å². The molecule has 3 nitrogen and oxygen atoms in total. The van der Waals surface area contributed by atoms with Crippen LogP contribution in [0.4, 0.5) is 5.69 Å². The second-order valence-corrected chi connectivity index (χ2v) is 9.57. The molecule has 152 valence electrons. The Balaban J connectivity index is 1.29. The van der Waals surface area contributed by atoms with Gasteiger partial charge in [-0.3, -0.25) is 4.79 Å². The van der Waals surface area contributed by atoms with Crippen molar-refractivity contribution in [2.45, 2.75) is 57.4 Å². The Morgan fingerprint density at radius 3 is 2.41 bits per heavy atom. The Hall–Kier alpha value is -2.13. The first-order chi connectivity index (χ1) is 14.1. The highest BCUT2D eigenvalue weighted by Crippen LogP contribution is 2.46. The van der Waals surface area contributed by atoms with Crippen LogP contribution in [-0.4, -0.2) is 36.5 Å². The van der Waals surface area contributed by atoms with E-state index in [2.05, 4.69) is 61.2 Å². The van der Waals surface area contributed by atoms with Gasteiger partial charge in [-0.15, -0.1) is 0 Å². The van der Waals surface area contributed by atoms with Crippen LogP contribution in [0.2, 0.25) is 0 Å². The van der Waals surface area contributed by atoms with Crippen molar-refractivity contribution < 1.29 is 4.79 Å². The zero-order chi connectivity index (χ0) is 20.0. The molecule has 0 saturated carbocycles. The van der Waals surface area contributed by atoms with Crippen molar-refractivity contribution in [3.63, 3.8) is 0 Å². The van der Waals surface area contributed by atoms with Gasteiger partial charge in [-0.25, -0.2) is 0 Å². The van der Waals surface area contributed by atoms with E-state index in [4.69, 9.17) is 0 Å². The number of piperidine rings is 1. The van der Waals surface area contributed by atoms with Crippen LogP contribution in [0.5, 0.6) is 0 Å². The minimum Gasteiger partial charge on any atom is -0.309 e. The molecule has 2 heterocycles. The third kappa shape index (κ3) is 3.20. The van der Waals surface area contributed by atoms with Gasteiger partial charge in [0.1, 0.15) is 0 Å². The summed E-state index contributed by atoms with van der Waals surface area (Å²) in [6, 6.07) is 17.7. The zero-order valence-electron chi connectivity index (χ0n) is 17.7. The van der Waals surface area contributed by atoms with Gasteiger partial charge >= 0.3 is 0 Å². The Kier molecular flexibility index (Phi) is 4.74. The fourth-order valence-electron chi connectivity index (χ4n) is 6.02. The lowest BCUT2D eigenvalue weighted by molar-refractivity contribution is -0.124. The van der Waals surface area contributed by atoms with E-state index in [1.807, 2.05) is 11.0 Å². The lowest BCUT2D eigenvalue weighted by Crippen LogP contribution is -2.50. The molecule has 2 aromatic carbocycles. The summed E-state index contributed by atoms with van der Waals surface area (Å²) in [6.45, 7) is 7.37. The monoisotopic (exact) mass is 388 g/mol. The summed E-state index contributed by atoms with van der Waals surface area (Å²) in [5.74, 6) is 0.391. The van der Waals surface area contributed by atoms with Crippen molar-refractivity contribution in [1.29, 1.82) is 0 Å². The maximum absolute atomic E-state index is 13.3. The number of carbonyl (C=O) groups excluding carboxylic acids is 1. The number of para-hydroxylation sites is 1. The minimum atomic E-state index is 0.0808. The molecule has 0 bridgehead atoms. The Labute approximate surface area is 174 Å². The van der Waals surface area contributed by atoms with E-state index < -0.39 is 0 Å². The topological polar surface area (TPSA) is 23.6 Å². The third-order valence-corrected chi connectivity index (χ3v) is 7.57. The molecule has 29 heavy (non-hydrogen) atoms. The summed E-state index contributed by atoms with van der Waals surface area (Å²) < 4.78 is 0. The quantitative estimate of drug-likeness (QED) is 0.768. The van der Waals surface area contributed by atoms with Crippen LogP contribution >= 0.6 is 0 Å². The van der Waals surface area contributed by atoms with Crippen LogP contribution in [0.3, 0.4) is 0 Å². The van der Waals surface area contributed by atoms with Gasteiger partial charge in [-0.05, 0) is 87.2 Å². The number of rotatable bonds is 3. The smallest absolute Gasteiger partial charge is 0.231 e. The van der Waals surface area contributed by atoms with E-state index in [-0.39, 0.29) is 12.0 Å². The third-order valence-electron chi connectivity index (χ3n) is 7.57. The van der Waals surface area contributed by atoms with Crippen molar-refractivity contribution in [1.82, 2.24) is 4.90 Å². The number of anilines is 1. The summed E-state index contributed by atoms with van der Waals surface area (Å²) in [5.41, 5.74) is 5.99. The normalized spacial score (nSPS) is 23.5. The summed E-state index contributed by atoms with van der Waals surface area (Å²) >= 11 is 0. The molecule has 2 aliphatic heterocycles. The Bertz CT molecular complexity index is 910. The first kappa shape index (κ1) is 18.9. The first-order valence-electron chi connectivity index (χ1n) is 11.3. The zero-order valence-corrected chi connectivity index (χ0v) is 17.7. The highest BCUT2D eigenvalue weighted by Gasteiger charge is 2.42. The van der Waals surface area contributed by atoms with E-state index in [9.17, 15) is 4.79 Å². The highest BCUT2D eigenvalue weighted by molar-refractivity contribution is 5.98. The first-order valence-corrected chi connectivity index (χ1v) is 11.3. The van der Waals surface area contributed by atoms with Gasteiger partial charge in [0.15, 0.2) is 0 Å². The fraction of sp³-hybridized carbons (Fsp3) is 0.500. The molecule has 1 amide bonds. The van der Waals surface area contributed by atoms with Gasteiger partial charge in [-0.1, -0.05) is 42.5 Å².